The predicted molar refractivity (Wildman–Crippen MR) is 109 cm³/mol. The molecule has 150 valence electrons. The first-order chi connectivity index (χ1) is 11.6. The molecule has 1 amide bonds. The number of hydrogen-bond acceptors (Lipinski definition) is 3. The molecule has 2 unspecified atom stereocenters. The summed E-state index contributed by atoms with van der Waals surface area (Å²) in [7, 11) is 0. The zero-order chi connectivity index (χ0) is 17.4. The number of likely N-dealkylation sites (tertiary alicyclic amines) is 1. The van der Waals surface area contributed by atoms with Crippen molar-refractivity contribution in [2.75, 3.05) is 19.6 Å². The maximum Gasteiger partial charge on any atom is 0.224 e. The van der Waals surface area contributed by atoms with Gasteiger partial charge in [-0.05, 0) is 43.5 Å². The average Bonchev–Trinajstić information content (AvgIpc) is 2.58. The third-order valence-electron chi connectivity index (χ3n) is 4.71. The summed E-state index contributed by atoms with van der Waals surface area (Å²) < 4.78 is 13.3. The number of nitrogens with one attached hydrogen (secondary N) is 1. The summed E-state index contributed by atoms with van der Waals surface area (Å²) in [6, 6.07) is 6.77. The van der Waals surface area contributed by atoms with Crippen molar-refractivity contribution in [3.05, 3.63) is 35.6 Å². The molecule has 0 aromatic heterocycles. The van der Waals surface area contributed by atoms with E-state index in [1.807, 2.05) is 6.07 Å². The number of nitrogens with two attached hydrogens (primary N) is 1. The van der Waals surface area contributed by atoms with E-state index in [0.29, 0.717) is 13.1 Å². The fraction of sp³-hybridized carbons (Fsp3) is 0.632. The SMILES string of the molecule is CCCCC(CN)NC(=O)C1CCCN(Cc2cccc(F)c2)C1.Cl.Cl. The maximum atomic E-state index is 13.3. The molecule has 7 heteroatoms. The maximum absolute atomic E-state index is 13.3. The van der Waals surface area contributed by atoms with E-state index >= 15 is 0 Å². The lowest BCUT2D eigenvalue weighted by Gasteiger charge is -2.33. The van der Waals surface area contributed by atoms with Gasteiger partial charge in [-0.2, -0.15) is 0 Å². The molecule has 1 aliphatic rings. The molecule has 1 aliphatic heterocycles. The van der Waals surface area contributed by atoms with Gasteiger partial charge < -0.3 is 11.1 Å². The second-order valence-corrected chi connectivity index (χ2v) is 6.79. The third kappa shape index (κ3) is 8.21. The largest absolute Gasteiger partial charge is 0.352 e. The Morgan fingerprint density at radius 2 is 2.19 bits per heavy atom. The molecule has 2 rings (SSSR count). The molecule has 26 heavy (non-hydrogen) atoms. The number of unbranched alkanes of at least 4 members (excludes halogenated alkanes) is 1. The van der Waals surface area contributed by atoms with Crippen molar-refractivity contribution in [2.45, 2.75) is 51.6 Å². The van der Waals surface area contributed by atoms with E-state index in [-0.39, 0.29) is 48.5 Å². The highest BCUT2D eigenvalue weighted by atomic mass is 35.5. The number of piperidine rings is 1. The fourth-order valence-electron chi connectivity index (χ4n) is 3.33. The lowest BCUT2D eigenvalue weighted by atomic mass is 9.96. The van der Waals surface area contributed by atoms with E-state index in [9.17, 15) is 9.18 Å². The first-order valence-corrected chi connectivity index (χ1v) is 9.09. The molecule has 0 saturated carbocycles. The second-order valence-electron chi connectivity index (χ2n) is 6.79. The van der Waals surface area contributed by atoms with Crippen LogP contribution < -0.4 is 11.1 Å². The molecular weight excluding hydrogens is 376 g/mol. The first-order valence-electron chi connectivity index (χ1n) is 9.09. The lowest BCUT2D eigenvalue weighted by molar-refractivity contribution is -0.127. The molecule has 1 aromatic rings. The van der Waals surface area contributed by atoms with Gasteiger partial charge in [0.2, 0.25) is 5.91 Å². The normalized spacial score (nSPS) is 18.3. The van der Waals surface area contributed by atoms with Crippen LogP contribution in [0.15, 0.2) is 24.3 Å². The Hall–Kier alpha value is -0.880. The van der Waals surface area contributed by atoms with Crippen LogP contribution in [-0.2, 0) is 11.3 Å². The Labute approximate surface area is 168 Å². The van der Waals surface area contributed by atoms with E-state index in [1.165, 1.54) is 6.07 Å². The van der Waals surface area contributed by atoms with Gasteiger partial charge in [0.25, 0.3) is 0 Å². The van der Waals surface area contributed by atoms with Gasteiger partial charge in [-0.25, -0.2) is 4.39 Å². The van der Waals surface area contributed by atoms with Crippen LogP contribution in [0, 0.1) is 11.7 Å². The van der Waals surface area contributed by atoms with Gasteiger partial charge in [0, 0.05) is 25.7 Å². The smallest absolute Gasteiger partial charge is 0.224 e. The van der Waals surface area contributed by atoms with Crippen LogP contribution in [0.25, 0.3) is 0 Å². The minimum Gasteiger partial charge on any atom is -0.352 e. The van der Waals surface area contributed by atoms with Gasteiger partial charge in [0.1, 0.15) is 5.82 Å². The summed E-state index contributed by atoms with van der Waals surface area (Å²) in [4.78, 5) is 14.8. The fourth-order valence-corrected chi connectivity index (χ4v) is 3.33. The van der Waals surface area contributed by atoms with Crippen molar-refractivity contribution in [3.8, 4) is 0 Å². The number of nitrogens with zero attached hydrogens (tertiary/aromatic N) is 1. The molecule has 0 aliphatic carbocycles. The minimum atomic E-state index is -0.208. The third-order valence-corrected chi connectivity index (χ3v) is 4.71. The topological polar surface area (TPSA) is 58.4 Å². The Balaban J connectivity index is 0.00000312. The predicted octanol–water partition coefficient (Wildman–Crippen LogP) is 3.52. The number of rotatable bonds is 8. The summed E-state index contributed by atoms with van der Waals surface area (Å²) in [6.07, 6.45) is 5.04. The van der Waals surface area contributed by atoms with Gasteiger partial charge in [-0.1, -0.05) is 31.9 Å². The lowest BCUT2D eigenvalue weighted by Crippen LogP contribution is -2.47. The molecule has 1 heterocycles. The van der Waals surface area contributed by atoms with Crippen molar-refractivity contribution >= 4 is 30.7 Å². The Morgan fingerprint density at radius 1 is 1.42 bits per heavy atom. The number of hydrogen-bond donors (Lipinski definition) is 2. The summed E-state index contributed by atoms with van der Waals surface area (Å²) in [6.45, 7) is 5.01. The van der Waals surface area contributed by atoms with Crippen LogP contribution in [0.5, 0.6) is 0 Å². The molecule has 1 fully saturated rings. The molecule has 1 aromatic carbocycles. The zero-order valence-electron chi connectivity index (χ0n) is 15.5. The highest BCUT2D eigenvalue weighted by molar-refractivity contribution is 5.85. The molecule has 1 saturated heterocycles. The van der Waals surface area contributed by atoms with Gasteiger partial charge in [-0.15, -0.1) is 24.8 Å². The average molecular weight is 408 g/mol. The molecule has 4 nitrogen and oxygen atoms in total. The molecule has 3 N–H and O–H groups in total. The van der Waals surface area contributed by atoms with Crippen molar-refractivity contribution in [1.82, 2.24) is 10.2 Å². The molecule has 0 radical (unpaired) electrons. The Bertz CT molecular complexity index is 533. The van der Waals surface area contributed by atoms with E-state index < -0.39 is 0 Å². The summed E-state index contributed by atoms with van der Waals surface area (Å²) in [5.41, 5.74) is 6.73. The summed E-state index contributed by atoms with van der Waals surface area (Å²) >= 11 is 0. The molecule has 0 bridgehead atoms. The van der Waals surface area contributed by atoms with Gasteiger partial charge in [-0.3, -0.25) is 9.69 Å². The van der Waals surface area contributed by atoms with Crippen LogP contribution in [0.1, 0.15) is 44.6 Å². The Kier molecular flexibility index (Phi) is 12.9. The number of carbonyl (C=O) groups excluding carboxylic acids is 1. The van der Waals surface area contributed by atoms with Crippen molar-refractivity contribution in [3.63, 3.8) is 0 Å². The molecule has 2 atom stereocenters. The van der Waals surface area contributed by atoms with Gasteiger partial charge in [0.05, 0.1) is 5.92 Å². The van der Waals surface area contributed by atoms with E-state index in [1.54, 1.807) is 12.1 Å². The van der Waals surface area contributed by atoms with Crippen LogP contribution in [0.4, 0.5) is 4.39 Å². The van der Waals surface area contributed by atoms with E-state index in [2.05, 4.69) is 17.1 Å². The van der Waals surface area contributed by atoms with Gasteiger partial charge in [0.15, 0.2) is 0 Å². The van der Waals surface area contributed by atoms with E-state index in [4.69, 9.17) is 5.73 Å². The Morgan fingerprint density at radius 3 is 2.85 bits per heavy atom. The number of benzene rings is 1. The standard InChI is InChI=1S/C19H30FN3O.2ClH/c1-2-3-9-18(12-21)22-19(24)16-7-5-10-23(14-16)13-15-6-4-8-17(20)11-15;;/h4,6,8,11,16,18H,2-3,5,7,9-10,12-14,21H2,1H3,(H,22,24);2*1H. The van der Waals surface area contributed by atoms with Crippen molar-refractivity contribution in [2.24, 2.45) is 11.7 Å². The number of carbonyl (C=O) groups is 1. The number of halogens is 3. The van der Waals surface area contributed by atoms with E-state index in [0.717, 1.165) is 50.8 Å². The summed E-state index contributed by atoms with van der Waals surface area (Å²) in [5.74, 6) is -0.0889. The van der Waals surface area contributed by atoms with Crippen LogP contribution in [-0.4, -0.2) is 36.5 Å². The van der Waals surface area contributed by atoms with Crippen molar-refractivity contribution in [1.29, 1.82) is 0 Å². The van der Waals surface area contributed by atoms with Crippen LogP contribution >= 0.6 is 24.8 Å². The highest BCUT2D eigenvalue weighted by Crippen LogP contribution is 2.19. The van der Waals surface area contributed by atoms with Crippen LogP contribution in [0.2, 0.25) is 0 Å². The summed E-state index contributed by atoms with van der Waals surface area (Å²) in [5, 5.41) is 3.11. The highest BCUT2D eigenvalue weighted by Gasteiger charge is 2.26. The molecular formula is C19H32Cl2FN3O. The monoisotopic (exact) mass is 407 g/mol. The minimum absolute atomic E-state index is 0. The van der Waals surface area contributed by atoms with Crippen LogP contribution in [0.3, 0.4) is 0 Å². The first kappa shape index (κ1) is 25.1. The molecule has 0 spiro atoms. The quantitative estimate of drug-likeness (QED) is 0.692. The van der Waals surface area contributed by atoms with Crippen molar-refractivity contribution < 1.29 is 9.18 Å². The zero-order valence-corrected chi connectivity index (χ0v) is 17.1. The number of amides is 1. The second kappa shape index (κ2) is 13.3. The van der Waals surface area contributed by atoms with Gasteiger partial charge >= 0.3 is 0 Å².